The summed E-state index contributed by atoms with van der Waals surface area (Å²) < 4.78 is 0. The van der Waals surface area contributed by atoms with E-state index in [2.05, 4.69) is 68.7 Å². The molecule has 0 radical (unpaired) electrons. The summed E-state index contributed by atoms with van der Waals surface area (Å²) >= 11 is 5.76. The number of pyridine rings is 2. The lowest BCUT2D eigenvalue weighted by Gasteiger charge is -2.21. The van der Waals surface area contributed by atoms with Gasteiger partial charge in [-0.1, -0.05) is 36.4 Å². The van der Waals surface area contributed by atoms with E-state index in [0.717, 1.165) is 52.1 Å². The third-order valence-electron chi connectivity index (χ3n) is 5.44. The molecule has 0 aliphatic carbocycles. The van der Waals surface area contributed by atoms with Crippen LogP contribution < -0.4 is 5.32 Å². The van der Waals surface area contributed by atoms with Gasteiger partial charge in [-0.15, -0.1) is 0 Å². The summed E-state index contributed by atoms with van der Waals surface area (Å²) in [6.45, 7) is 1.90. The van der Waals surface area contributed by atoms with Crippen LogP contribution in [0.2, 0.25) is 0 Å². The van der Waals surface area contributed by atoms with Crippen molar-refractivity contribution in [3.05, 3.63) is 78.6 Å². The Bertz CT molecular complexity index is 1160. The van der Waals surface area contributed by atoms with Crippen LogP contribution in [0.5, 0.6) is 0 Å². The molecule has 2 aromatic carbocycles. The van der Waals surface area contributed by atoms with E-state index in [9.17, 15) is 0 Å². The van der Waals surface area contributed by atoms with Crippen molar-refractivity contribution in [2.24, 2.45) is 0 Å². The molecule has 4 nitrogen and oxygen atoms in total. The minimum atomic E-state index is 0.525. The highest BCUT2D eigenvalue weighted by atomic mass is 32.1. The number of fused-ring (bicyclic) bond motifs is 3. The van der Waals surface area contributed by atoms with E-state index in [1.165, 1.54) is 5.56 Å². The predicted molar refractivity (Wildman–Crippen MR) is 119 cm³/mol. The monoisotopic (exact) mass is 384 g/mol. The van der Waals surface area contributed by atoms with E-state index in [1.54, 1.807) is 0 Å². The summed E-state index contributed by atoms with van der Waals surface area (Å²) in [5.41, 5.74) is 4.18. The summed E-state index contributed by atoms with van der Waals surface area (Å²) in [6, 6.07) is 20.8. The molecule has 1 atom stereocenters. The molecule has 0 bridgehead atoms. The molecule has 0 unspecified atom stereocenters. The van der Waals surface area contributed by atoms with Crippen LogP contribution in [0.4, 0.5) is 5.69 Å². The molecule has 5 rings (SSSR count). The van der Waals surface area contributed by atoms with Crippen molar-refractivity contribution in [3.63, 3.8) is 0 Å². The van der Waals surface area contributed by atoms with E-state index in [0.29, 0.717) is 5.92 Å². The molecule has 138 valence electrons. The maximum atomic E-state index is 5.76. The first-order chi connectivity index (χ1) is 13.8. The highest BCUT2D eigenvalue weighted by Gasteiger charge is 2.25. The van der Waals surface area contributed by atoms with Gasteiger partial charge in [-0.05, 0) is 48.5 Å². The average molecular weight is 385 g/mol. The minimum absolute atomic E-state index is 0.525. The van der Waals surface area contributed by atoms with Crippen molar-refractivity contribution in [2.75, 3.05) is 18.4 Å². The number of thiocarbonyl (C=S) groups is 1. The molecule has 0 spiro atoms. The first kappa shape index (κ1) is 17.1. The van der Waals surface area contributed by atoms with Crippen LogP contribution in [-0.4, -0.2) is 33.1 Å². The van der Waals surface area contributed by atoms with Crippen molar-refractivity contribution in [3.8, 4) is 0 Å². The number of anilines is 1. The fourth-order valence-electron chi connectivity index (χ4n) is 4.03. The van der Waals surface area contributed by atoms with E-state index in [1.807, 2.05) is 24.5 Å². The van der Waals surface area contributed by atoms with Crippen LogP contribution in [0, 0.1) is 0 Å². The number of hydrogen-bond donors (Lipinski definition) is 1. The summed E-state index contributed by atoms with van der Waals surface area (Å²) in [6.07, 6.45) is 4.75. The number of aromatic nitrogens is 2. The lowest BCUT2D eigenvalue weighted by molar-refractivity contribution is 0.519. The zero-order chi connectivity index (χ0) is 18.9. The summed E-state index contributed by atoms with van der Waals surface area (Å²) in [7, 11) is 0. The highest BCUT2D eigenvalue weighted by molar-refractivity contribution is 7.80. The lowest BCUT2D eigenvalue weighted by Crippen LogP contribution is -2.32. The zero-order valence-corrected chi connectivity index (χ0v) is 16.2. The largest absolute Gasteiger partial charge is 0.348 e. The van der Waals surface area contributed by atoms with Gasteiger partial charge in [0.15, 0.2) is 5.11 Å². The number of nitrogens with zero attached hydrogens (tertiary/aromatic N) is 3. The van der Waals surface area contributed by atoms with E-state index in [-0.39, 0.29) is 0 Å². The van der Waals surface area contributed by atoms with E-state index in [4.69, 9.17) is 12.2 Å². The van der Waals surface area contributed by atoms with Crippen molar-refractivity contribution in [2.45, 2.75) is 12.3 Å². The fraction of sp³-hybridized carbons (Fsp3) is 0.174. The summed E-state index contributed by atoms with van der Waals surface area (Å²) in [5.74, 6) is 0.525. The zero-order valence-electron chi connectivity index (χ0n) is 15.4. The van der Waals surface area contributed by atoms with Gasteiger partial charge in [-0.25, -0.2) is 0 Å². The molecular weight excluding hydrogens is 364 g/mol. The summed E-state index contributed by atoms with van der Waals surface area (Å²) in [4.78, 5) is 11.4. The van der Waals surface area contributed by atoms with Crippen molar-refractivity contribution in [1.82, 2.24) is 14.9 Å². The van der Waals surface area contributed by atoms with Gasteiger partial charge in [0.25, 0.3) is 0 Å². The molecule has 2 aromatic heterocycles. The highest BCUT2D eigenvalue weighted by Crippen LogP contribution is 2.31. The van der Waals surface area contributed by atoms with Gasteiger partial charge in [0.05, 0.1) is 16.7 Å². The third-order valence-corrected chi connectivity index (χ3v) is 5.81. The van der Waals surface area contributed by atoms with E-state index < -0.39 is 0 Å². The smallest absolute Gasteiger partial charge is 0.173 e. The Morgan fingerprint density at radius 1 is 0.964 bits per heavy atom. The molecule has 28 heavy (non-hydrogen) atoms. The van der Waals surface area contributed by atoms with E-state index >= 15 is 0 Å². The predicted octanol–water partition coefficient (Wildman–Crippen LogP) is 4.97. The molecule has 1 N–H and O–H groups in total. The Labute approximate surface area is 169 Å². The lowest BCUT2D eigenvalue weighted by atomic mass is 9.99. The first-order valence-corrected chi connectivity index (χ1v) is 9.94. The maximum Gasteiger partial charge on any atom is 0.173 e. The van der Waals surface area contributed by atoms with Gasteiger partial charge < -0.3 is 10.2 Å². The third kappa shape index (κ3) is 3.08. The molecule has 5 heteroatoms. The second kappa shape index (κ2) is 7.17. The van der Waals surface area contributed by atoms with Crippen molar-refractivity contribution in [1.29, 1.82) is 0 Å². The van der Waals surface area contributed by atoms with Crippen LogP contribution in [0.25, 0.3) is 21.8 Å². The normalized spacial score (nSPS) is 16.6. The number of rotatable bonds is 2. The Morgan fingerprint density at radius 3 is 2.61 bits per heavy atom. The van der Waals surface area contributed by atoms with Gasteiger partial charge in [0.2, 0.25) is 0 Å². The van der Waals surface area contributed by atoms with Crippen LogP contribution in [0.15, 0.2) is 73.1 Å². The molecule has 1 saturated heterocycles. The van der Waals surface area contributed by atoms with Crippen LogP contribution in [-0.2, 0) is 0 Å². The van der Waals surface area contributed by atoms with Crippen molar-refractivity contribution < 1.29 is 0 Å². The number of benzene rings is 2. The van der Waals surface area contributed by atoms with Gasteiger partial charge in [0.1, 0.15) is 0 Å². The molecular formula is C23H20N4S. The Kier molecular flexibility index (Phi) is 4.37. The van der Waals surface area contributed by atoms with Gasteiger partial charge in [-0.2, -0.15) is 0 Å². The van der Waals surface area contributed by atoms with Crippen LogP contribution in [0.3, 0.4) is 0 Å². The number of hydrogen-bond acceptors (Lipinski definition) is 3. The second-order valence-corrected chi connectivity index (χ2v) is 7.56. The van der Waals surface area contributed by atoms with Crippen LogP contribution in [0.1, 0.15) is 17.9 Å². The minimum Gasteiger partial charge on any atom is -0.348 e. The molecule has 3 heterocycles. The van der Waals surface area contributed by atoms with Gasteiger partial charge >= 0.3 is 0 Å². The van der Waals surface area contributed by atoms with Gasteiger partial charge in [-0.3, -0.25) is 9.97 Å². The Hall–Kier alpha value is -3.05. The number of likely N-dealkylation sites (tertiary alicyclic amines) is 1. The van der Waals surface area contributed by atoms with Gasteiger partial charge in [0, 0.05) is 42.2 Å². The molecule has 1 aliphatic rings. The fourth-order valence-corrected chi connectivity index (χ4v) is 4.30. The molecule has 1 aliphatic heterocycles. The molecule has 4 aromatic rings. The maximum absolute atomic E-state index is 5.76. The van der Waals surface area contributed by atoms with Crippen LogP contribution >= 0.6 is 12.2 Å². The summed E-state index contributed by atoms with van der Waals surface area (Å²) in [5, 5.41) is 6.33. The Balaban J connectivity index is 1.43. The Morgan fingerprint density at radius 2 is 1.75 bits per heavy atom. The average Bonchev–Trinajstić information content (AvgIpc) is 3.25. The number of nitrogens with one attached hydrogen (secondary N) is 1. The quantitative estimate of drug-likeness (QED) is 0.390. The first-order valence-electron chi connectivity index (χ1n) is 9.53. The van der Waals surface area contributed by atoms with Crippen molar-refractivity contribution >= 4 is 44.8 Å². The molecule has 1 fully saturated rings. The topological polar surface area (TPSA) is 41.1 Å². The SMILES string of the molecule is S=C(Nc1cc2cccnc2c2cccnc12)N1CC[C@H](c2ccccc2)C1. The standard InChI is InChI=1S/C23H20N4S/c28-23(27-13-10-18(15-27)16-6-2-1-3-7-16)26-20-14-17-8-4-11-24-21(17)19-9-5-12-25-22(19)20/h1-9,11-12,14,18H,10,13,15H2,(H,26,28)/t18-/m0/s1. The second-order valence-electron chi connectivity index (χ2n) is 7.17. The molecule has 0 amide bonds. The molecule has 0 saturated carbocycles.